The summed E-state index contributed by atoms with van der Waals surface area (Å²) < 4.78 is 0. The van der Waals surface area contributed by atoms with Gasteiger partial charge in [-0.15, -0.1) is 0 Å². The van der Waals surface area contributed by atoms with Crippen molar-refractivity contribution in [2.75, 3.05) is 5.32 Å². The van der Waals surface area contributed by atoms with Crippen LogP contribution in [0.2, 0.25) is 0 Å². The van der Waals surface area contributed by atoms with E-state index >= 15 is 0 Å². The summed E-state index contributed by atoms with van der Waals surface area (Å²) in [6.07, 6.45) is 5.35. The number of aromatic nitrogens is 4. The summed E-state index contributed by atoms with van der Waals surface area (Å²) in [6.45, 7) is 3.81. The van der Waals surface area contributed by atoms with Crippen LogP contribution in [0.1, 0.15) is 39.4 Å². The molecule has 158 valence electrons. The molecule has 32 heavy (non-hydrogen) atoms. The third-order valence-corrected chi connectivity index (χ3v) is 5.72. The van der Waals surface area contributed by atoms with E-state index in [1.54, 1.807) is 0 Å². The standard InChI is InChI=1S/C26H23N5O/c1-16-20-10-6-7-11-21(20)29-25(27-16)31-26-28-17(2)24-22(30-26)14-19(15-23(24)32)13-12-18-8-4-3-5-9-18/h3-13,19H,14-15H2,1-2H3,(H,27,28,29,30,31)/b13-12+. The Labute approximate surface area is 186 Å². The highest BCUT2D eigenvalue weighted by Crippen LogP contribution is 2.29. The molecule has 6 nitrogen and oxygen atoms in total. The molecular formula is C26H23N5O. The van der Waals surface area contributed by atoms with Gasteiger partial charge in [0.2, 0.25) is 11.9 Å². The number of benzene rings is 2. The summed E-state index contributed by atoms with van der Waals surface area (Å²) >= 11 is 0. The fraction of sp³-hybridized carbons (Fsp3) is 0.192. The molecule has 5 rings (SSSR count). The van der Waals surface area contributed by atoms with E-state index in [0.717, 1.165) is 27.9 Å². The molecule has 1 N–H and O–H groups in total. The zero-order valence-electron chi connectivity index (χ0n) is 18.0. The predicted octanol–water partition coefficient (Wildman–Crippen LogP) is 5.24. The number of nitrogens with zero attached hydrogens (tertiary/aromatic N) is 4. The quantitative estimate of drug-likeness (QED) is 0.485. The molecule has 1 aliphatic carbocycles. The lowest BCUT2D eigenvalue weighted by Crippen LogP contribution is -2.23. The van der Waals surface area contributed by atoms with Crippen molar-refractivity contribution in [2.24, 2.45) is 5.92 Å². The van der Waals surface area contributed by atoms with Crippen LogP contribution in [0.5, 0.6) is 0 Å². The van der Waals surface area contributed by atoms with Crippen molar-refractivity contribution in [1.29, 1.82) is 0 Å². The number of carbonyl (C=O) groups is 1. The number of hydrogen-bond acceptors (Lipinski definition) is 6. The van der Waals surface area contributed by atoms with Crippen LogP contribution in [0.15, 0.2) is 60.7 Å². The number of anilines is 2. The first kappa shape index (κ1) is 20.0. The van der Waals surface area contributed by atoms with E-state index in [1.165, 1.54) is 0 Å². The van der Waals surface area contributed by atoms with Gasteiger partial charge < -0.3 is 0 Å². The number of ketones is 1. The largest absolute Gasteiger partial charge is 0.294 e. The van der Waals surface area contributed by atoms with Crippen LogP contribution in [0.3, 0.4) is 0 Å². The molecule has 0 aliphatic heterocycles. The van der Waals surface area contributed by atoms with Gasteiger partial charge in [-0.25, -0.2) is 19.9 Å². The molecular weight excluding hydrogens is 398 g/mol. The lowest BCUT2D eigenvalue weighted by Gasteiger charge is -2.22. The zero-order chi connectivity index (χ0) is 22.1. The summed E-state index contributed by atoms with van der Waals surface area (Å²) in [7, 11) is 0. The Hall–Kier alpha value is -3.93. The molecule has 1 aliphatic rings. The molecule has 0 radical (unpaired) electrons. The second kappa shape index (κ2) is 8.30. The van der Waals surface area contributed by atoms with Crippen LogP contribution >= 0.6 is 0 Å². The predicted molar refractivity (Wildman–Crippen MR) is 126 cm³/mol. The van der Waals surface area contributed by atoms with Gasteiger partial charge in [-0.05, 0) is 37.8 Å². The first-order valence-corrected chi connectivity index (χ1v) is 10.7. The molecule has 0 fully saturated rings. The second-order valence-electron chi connectivity index (χ2n) is 8.09. The fourth-order valence-electron chi connectivity index (χ4n) is 4.20. The Kier molecular flexibility index (Phi) is 5.19. The number of fused-ring (bicyclic) bond motifs is 2. The molecule has 0 bridgehead atoms. The molecule has 4 aromatic rings. The van der Waals surface area contributed by atoms with Crippen LogP contribution in [-0.4, -0.2) is 25.7 Å². The molecule has 2 aromatic carbocycles. The molecule has 0 saturated carbocycles. The molecule has 0 amide bonds. The minimum absolute atomic E-state index is 0.0933. The first-order valence-electron chi connectivity index (χ1n) is 10.7. The van der Waals surface area contributed by atoms with Gasteiger partial charge in [0, 0.05) is 11.8 Å². The highest BCUT2D eigenvalue weighted by atomic mass is 16.1. The number of para-hydroxylation sites is 1. The summed E-state index contributed by atoms with van der Waals surface area (Å²) in [5.41, 5.74) is 4.97. The summed E-state index contributed by atoms with van der Waals surface area (Å²) in [5, 5.41) is 4.15. The van der Waals surface area contributed by atoms with E-state index in [0.29, 0.717) is 36.0 Å². The van der Waals surface area contributed by atoms with Crippen molar-refractivity contribution in [3.05, 3.63) is 88.9 Å². The normalized spacial score (nSPS) is 15.8. The van der Waals surface area contributed by atoms with Gasteiger partial charge in [0.1, 0.15) is 0 Å². The number of nitrogens with one attached hydrogen (secondary N) is 1. The van der Waals surface area contributed by atoms with Crippen molar-refractivity contribution in [2.45, 2.75) is 26.7 Å². The molecule has 0 spiro atoms. The number of Topliss-reactive ketones (excluding diaryl/α,β-unsaturated/α-hetero) is 1. The van der Waals surface area contributed by atoms with Crippen molar-refractivity contribution in [3.8, 4) is 0 Å². The molecule has 6 heteroatoms. The van der Waals surface area contributed by atoms with Gasteiger partial charge >= 0.3 is 0 Å². The average Bonchev–Trinajstić information content (AvgIpc) is 2.78. The second-order valence-corrected chi connectivity index (χ2v) is 8.09. The van der Waals surface area contributed by atoms with Gasteiger partial charge in [-0.3, -0.25) is 10.1 Å². The number of allylic oxidation sites excluding steroid dienone is 1. The highest BCUT2D eigenvalue weighted by Gasteiger charge is 2.28. The zero-order valence-corrected chi connectivity index (χ0v) is 18.0. The van der Waals surface area contributed by atoms with Gasteiger partial charge in [-0.2, -0.15) is 0 Å². The lowest BCUT2D eigenvalue weighted by atomic mass is 9.85. The maximum Gasteiger partial charge on any atom is 0.230 e. The number of rotatable bonds is 4. The van der Waals surface area contributed by atoms with E-state index in [4.69, 9.17) is 0 Å². The molecule has 2 aromatic heterocycles. The minimum Gasteiger partial charge on any atom is -0.294 e. The Bertz CT molecular complexity index is 1350. The van der Waals surface area contributed by atoms with Crippen molar-refractivity contribution in [3.63, 3.8) is 0 Å². The maximum atomic E-state index is 12.8. The van der Waals surface area contributed by atoms with E-state index in [-0.39, 0.29) is 11.7 Å². The Morgan fingerprint density at radius 2 is 1.56 bits per heavy atom. The number of carbonyl (C=O) groups excluding carboxylic acids is 1. The number of aryl methyl sites for hydroxylation is 2. The SMILES string of the molecule is Cc1nc(Nc2nc(C)c3ccccc3n2)nc2c1C(=O)CC(/C=C/c1ccccc1)C2. The fourth-order valence-corrected chi connectivity index (χ4v) is 4.20. The van der Waals surface area contributed by atoms with Gasteiger partial charge in [0.05, 0.1) is 28.2 Å². The van der Waals surface area contributed by atoms with Gasteiger partial charge in [0.15, 0.2) is 5.78 Å². The molecule has 2 heterocycles. The topological polar surface area (TPSA) is 80.7 Å². The maximum absolute atomic E-state index is 12.8. The third-order valence-electron chi connectivity index (χ3n) is 5.72. The van der Waals surface area contributed by atoms with Gasteiger partial charge in [0.25, 0.3) is 0 Å². The Balaban J connectivity index is 1.43. The lowest BCUT2D eigenvalue weighted by molar-refractivity contribution is 0.0957. The molecule has 1 atom stereocenters. The third kappa shape index (κ3) is 3.99. The summed E-state index contributed by atoms with van der Waals surface area (Å²) in [6, 6.07) is 18.0. The van der Waals surface area contributed by atoms with Crippen molar-refractivity contribution in [1.82, 2.24) is 19.9 Å². The first-order chi connectivity index (χ1) is 15.6. The van der Waals surface area contributed by atoms with Crippen molar-refractivity contribution >= 4 is 34.7 Å². The van der Waals surface area contributed by atoms with Crippen LogP contribution in [-0.2, 0) is 6.42 Å². The molecule has 1 unspecified atom stereocenters. The van der Waals surface area contributed by atoms with Crippen molar-refractivity contribution < 1.29 is 4.79 Å². The smallest absolute Gasteiger partial charge is 0.230 e. The average molecular weight is 422 g/mol. The van der Waals surface area contributed by atoms with Crippen LogP contribution in [0.4, 0.5) is 11.9 Å². The van der Waals surface area contributed by atoms with Crippen LogP contribution in [0, 0.1) is 19.8 Å². The van der Waals surface area contributed by atoms with Gasteiger partial charge in [-0.1, -0.05) is 60.7 Å². The van der Waals surface area contributed by atoms with E-state index in [9.17, 15) is 4.79 Å². The Morgan fingerprint density at radius 3 is 2.41 bits per heavy atom. The van der Waals surface area contributed by atoms with E-state index in [2.05, 4.69) is 49.5 Å². The monoisotopic (exact) mass is 421 g/mol. The number of hydrogen-bond donors (Lipinski definition) is 1. The van der Waals surface area contributed by atoms with E-state index in [1.807, 2.05) is 56.3 Å². The summed E-state index contributed by atoms with van der Waals surface area (Å²) in [4.78, 5) is 31.2. The van der Waals surface area contributed by atoms with E-state index < -0.39 is 0 Å². The van der Waals surface area contributed by atoms with Crippen LogP contribution < -0.4 is 5.32 Å². The summed E-state index contributed by atoms with van der Waals surface area (Å²) in [5.74, 6) is 1.06. The Morgan fingerprint density at radius 1 is 0.844 bits per heavy atom. The highest BCUT2D eigenvalue weighted by molar-refractivity contribution is 5.99. The minimum atomic E-state index is 0.0933. The molecule has 0 saturated heterocycles. The van der Waals surface area contributed by atoms with Crippen LogP contribution in [0.25, 0.3) is 17.0 Å².